The normalized spacial score (nSPS) is 8.95. The van der Waals surface area contributed by atoms with Crippen molar-refractivity contribution in [2.24, 2.45) is 0 Å². The number of pyridine rings is 1. The van der Waals surface area contributed by atoms with Crippen LogP contribution in [0.4, 0.5) is 11.5 Å². The van der Waals surface area contributed by atoms with Crippen molar-refractivity contribution in [3.05, 3.63) is 89.1 Å². The van der Waals surface area contributed by atoms with Gasteiger partial charge in [-0.3, -0.25) is 4.79 Å². The maximum absolute atomic E-state index is 10.8. The highest BCUT2D eigenvalue weighted by Gasteiger charge is 2.05. The summed E-state index contributed by atoms with van der Waals surface area (Å²) in [6.45, 7) is 14.4. The number of carboxylic acids is 1. The number of nitrogen functional groups attached to an aromatic ring is 1. The van der Waals surface area contributed by atoms with Gasteiger partial charge in [0.2, 0.25) is 0 Å². The van der Waals surface area contributed by atoms with E-state index in [0.29, 0.717) is 10.8 Å². The standard InChI is InChI=1S/C18H23ClN4O2.C6H6.3C2H6/c19-15-5-4-13(12-17(24)25)11-14(15)6-10-21-7-2-9-22-16-3-1-8-23-18(16)20;1-2-4-6-5-3-1;3*1-2/h1,3-5,8,11,21-22H,2,6-7,9-10,12H2,(H2,20,23)(H,24,25);1-6H;3*1-2H3. The van der Waals surface area contributed by atoms with Gasteiger partial charge in [0.25, 0.3) is 0 Å². The van der Waals surface area contributed by atoms with Crippen molar-refractivity contribution in [1.82, 2.24) is 10.3 Å². The molecule has 0 saturated carbocycles. The molecule has 1 aromatic heterocycles. The number of nitrogens with two attached hydrogens (primary N) is 1. The van der Waals surface area contributed by atoms with Crippen molar-refractivity contribution in [3.8, 4) is 0 Å². The molecule has 0 saturated heterocycles. The number of benzene rings is 2. The van der Waals surface area contributed by atoms with Crippen LogP contribution in [0.15, 0.2) is 72.9 Å². The third-order valence-electron chi connectivity index (χ3n) is 4.39. The van der Waals surface area contributed by atoms with Crippen LogP contribution in [0.25, 0.3) is 0 Å². The molecule has 0 spiro atoms. The smallest absolute Gasteiger partial charge is 0.307 e. The highest BCUT2D eigenvalue weighted by Crippen LogP contribution is 2.18. The molecular weight excluding hydrogens is 484 g/mol. The fourth-order valence-electron chi connectivity index (χ4n) is 2.84. The van der Waals surface area contributed by atoms with Gasteiger partial charge >= 0.3 is 5.97 Å². The number of halogens is 1. The van der Waals surface area contributed by atoms with Crippen LogP contribution in [0.1, 0.15) is 59.1 Å². The van der Waals surface area contributed by atoms with Crippen LogP contribution in [0, 0.1) is 0 Å². The molecule has 206 valence electrons. The van der Waals surface area contributed by atoms with E-state index in [1.807, 2.05) is 96.1 Å². The number of carboxylic acid groups (broad SMARTS) is 1. The van der Waals surface area contributed by atoms with E-state index in [1.54, 1.807) is 18.3 Å². The van der Waals surface area contributed by atoms with Crippen molar-refractivity contribution < 1.29 is 9.90 Å². The highest BCUT2D eigenvalue weighted by molar-refractivity contribution is 6.31. The van der Waals surface area contributed by atoms with Gasteiger partial charge in [0.05, 0.1) is 12.1 Å². The predicted octanol–water partition coefficient (Wildman–Crippen LogP) is 7.34. The Labute approximate surface area is 229 Å². The van der Waals surface area contributed by atoms with Gasteiger partial charge in [-0.25, -0.2) is 4.98 Å². The number of rotatable bonds is 10. The molecule has 0 amide bonds. The van der Waals surface area contributed by atoms with Gasteiger partial charge in [-0.15, -0.1) is 0 Å². The quantitative estimate of drug-likeness (QED) is 0.204. The van der Waals surface area contributed by atoms with Crippen molar-refractivity contribution >= 4 is 29.1 Å². The van der Waals surface area contributed by atoms with Crippen LogP contribution in [0.2, 0.25) is 5.02 Å². The van der Waals surface area contributed by atoms with E-state index in [1.165, 1.54) is 0 Å². The monoisotopic (exact) mass is 530 g/mol. The SMILES string of the molecule is CC.CC.CC.Nc1ncccc1NCCCNCCc1cc(CC(=O)O)ccc1Cl.c1ccccc1. The Morgan fingerprint density at radius 1 is 0.892 bits per heavy atom. The van der Waals surface area contributed by atoms with Gasteiger partial charge in [-0.2, -0.15) is 0 Å². The Morgan fingerprint density at radius 2 is 1.49 bits per heavy atom. The Morgan fingerprint density at radius 3 is 2.03 bits per heavy atom. The third-order valence-corrected chi connectivity index (χ3v) is 4.76. The first-order chi connectivity index (χ1) is 18.1. The summed E-state index contributed by atoms with van der Waals surface area (Å²) in [5.41, 5.74) is 8.35. The number of nitrogens with one attached hydrogen (secondary N) is 2. The number of carbonyl (C=O) groups is 1. The second-order valence-corrected chi connectivity index (χ2v) is 7.27. The molecule has 0 aliphatic rings. The lowest BCUT2D eigenvalue weighted by atomic mass is 10.1. The zero-order valence-electron chi connectivity index (χ0n) is 23.4. The molecule has 5 N–H and O–H groups in total. The molecule has 0 bridgehead atoms. The van der Waals surface area contributed by atoms with E-state index in [4.69, 9.17) is 22.4 Å². The van der Waals surface area contributed by atoms with Crippen LogP contribution >= 0.6 is 11.6 Å². The fourth-order valence-corrected chi connectivity index (χ4v) is 3.05. The molecule has 37 heavy (non-hydrogen) atoms. The molecule has 6 nitrogen and oxygen atoms in total. The summed E-state index contributed by atoms with van der Waals surface area (Å²) in [6.07, 6.45) is 3.38. The molecule has 2 aromatic carbocycles. The van der Waals surface area contributed by atoms with Gasteiger partial charge in [0.15, 0.2) is 0 Å². The largest absolute Gasteiger partial charge is 0.481 e. The lowest BCUT2D eigenvalue weighted by Crippen LogP contribution is -2.21. The number of anilines is 2. The van der Waals surface area contributed by atoms with Gasteiger partial charge in [0, 0.05) is 17.8 Å². The van der Waals surface area contributed by atoms with Gasteiger partial charge in [-0.05, 0) is 55.3 Å². The third kappa shape index (κ3) is 18.8. The summed E-state index contributed by atoms with van der Waals surface area (Å²) >= 11 is 6.17. The summed E-state index contributed by atoms with van der Waals surface area (Å²) in [7, 11) is 0. The summed E-state index contributed by atoms with van der Waals surface area (Å²) in [5, 5.41) is 16.1. The molecule has 0 aliphatic heterocycles. The number of aromatic nitrogens is 1. The average Bonchev–Trinajstić information content (AvgIpc) is 2.95. The topological polar surface area (TPSA) is 100 Å². The molecule has 7 heteroatoms. The first-order valence-corrected chi connectivity index (χ1v) is 13.6. The summed E-state index contributed by atoms with van der Waals surface area (Å²) in [6, 6.07) is 21.1. The van der Waals surface area contributed by atoms with Crippen LogP contribution in [-0.2, 0) is 17.6 Å². The van der Waals surface area contributed by atoms with Gasteiger partial charge in [-0.1, -0.05) is 102 Å². The van der Waals surface area contributed by atoms with Crippen molar-refractivity contribution in [2.45, 2.75) is 60.8 Å². The number of hydrogen-bond acceptors (Lipinski definition) is 5. The van der Waals surface area contributed by atoms with Crippen LogP contribution < -0.4 is 16.4 Å². The molecule has 1 heterocycles. The van der Waals surface area contributed by atoms with E-state index >= 15 is 0 Å². The Balaban J connectivity index is 0. The molecule has 3 aromatic rings. The zero-order chi connectivity index (χ0) is 28.3. The molecular formula is C30H47ClN4O2. The molecule has 0 radical (unpaired) electrons. The summed E-state index contributed by atoms with van der Waals surface area (Å²) in [5.74, 6) is -0.334. The molecule has 0 atom stereocenters. The number of hydrogen-bond donors (Lipinski definition) is 4. The minimum atomic E-state index is -0.840. The van der Waals surface area contributed by atoms with E-state index in [-0.39, 0.29) is 6.42 Å². The van der Waals surface area contributed by atoms with E-state index in [2.05, 4.69) is 15.6 Å². The second-order valence-electron chi connectivity index (χ2n) is 6.87. The van der Waals surface area contributed by atoms with E-state index in [9.17, 15) is 4.79 Å². The maximum Gasteiger partial charge on any atom is 0.307 e. The average molecular weight is 531 g/mol. The molecule has 0 unspecified atom stereocenters. The lowest BCUT2D eigenvalue weighted by Gasteiger charge is -2.10. The van der Waals surface area contributed by atoms with Crippen LogP contribution in [0.3, 0.4) is 0 Å². The first-order valence-electron chi connectivity index (χ1n) is 13.2. The number of nitrogens with zero attached hydrogens (tertiary/aromatic N) is 1. The number of aliphatic carboxylic acids is 1. The Kier molecular flexibility index (Phi) is 25.3. The van der Waals surface area contributed by atoms with Crippen LogP contribution in [-0.4, -0.2) is 35.7 Å². The predicted molar refractivity (Wildman–Crippen MR) is 162 cm³/mol. The van der Waals surface area contributed by atoms with Gasteiger partial charge < -0.3 is 21.5 Å². The minimum Gasteiger partial charge on any atom is -0.481 e. The van der Waals surface area contributed by atoms with Crippen molar-refractivity contribution in [3.63, 3.8) is 0 Å². The van der Waals surface area contributed by atoms with E-state index in [0.717, 1.165) is 49.3 Å². The molecule has 3 rings (SSSR count). The Bertz CT molecular complexity index is 898. The van der Waals surface area contributed by atoms with E-state index < -0.39 is 5.97 Å². The Hall–Kier alpha value is -3.09. The summed E-state index contributed by atoms with van der Waals surface area (Å²) in [4.78, 5) is 14.8. The summed E-state index contributed by atoms with van der Waals surface area (Å²) < 4.78 is 0. The minimum absolute atomic E-state index is 0.0146. The van der Waals surface area contributed by atoms with Gasteiger partial charge in [0.1, 0.15) is 5.82 Å². The first kappa shape index (κ1) is 36.1. The highest BCUT2D eigenvalue weighted by atomic mass is 35.5. The lowest BCUT2D eigenvalue weighted by molar-refractivity contribution is -0.136. The molecule has 0 aliphatic carbocycles. The zero-order valence-corrected chi connectivity index (χ0v) is 24.2. The van der Waals surface area contributed by atoms with Crippen molar-refractivity contribution in [2.75, 3.05) is 30.7 Å². The van der Waals surface area contributed by atoms with Crippen molar-refractivity contribution in [1.29, 1.82) is 0 Å². The maximum atomic E-state index is 10.8. The second kappa shape index (κ2) is 26.0. The molecule has 0 fully saturated rings. The fraction of sp³-hybridized carbons (Fsp3) is 0.400. The van der Waals surface area contributed by atoms with Crippen LogP contribution in [0.5, 0.6) is 0 Å².